The summed E-state index contributed by atoms with van der Waals surface area (Å²) in [5, 5.41) is 8.09. The Balaban J connectivity index is 3.59. The number of aliphatic carboxylic acids is 1. The summed E-state index contributed by atoms with van der Waals surface area (Å²) in [6, 6.07) is -1.28. The molecule has 0 heterocycles. The molecule has 0 saturated carbocycles. The van der Waals surface area contributed by atoms with Crippen LogP contribution in [0.5, 0.6) is 0 Å². The molecule has 0 rings (SSSR count). The number of hydrogen-bond donors (Lipinski definition) is 2. The first-order valence-electron chi connectivity index (χ1n) is 2.29. The Morgan fingerprint density at radius 2 is 2.20 bits per heavy atom. The SMILES string of the molecule is N[C@@H](COP(=O)=O)C(=O)O. The number of rotatable bonds is 4. The second-order valence-corrected chi connectivity index (χ2v) is 2.17. The van der Waals surface area contributed by atoms with E-state index < -0.39 is 26.5 Å². The van der Waals surface area contributed by atoms with Gasteiger partial charge in [0.15, 0.2) is 0 Å². The fourth-order valence-corrected chi connectivity index (χ4v) is 0.495. The molecule has 0 saturated heterocycles. The molecule has 6 nitrogen and oxygen atoms in total. The second-order valence-electron chi connectivity index (χ2n) is 1.46. The molecule has 0 amide bonds. The van der Waals surface area contributed by atoms with E-state index in [1.807, 2.05) is 0 Å². The molecule has 0 aromatic rings. The highest BCUT2D eigenvalue weighted by Gasteiger charge is 2.11. The molecule has 0 aliphatic rings. The van der Waals surface area contributed by atoms with E-state index in [-0.39, 0.29) is 0 Å². The molecule has 0 radical (unpaired) electrons. The van der Waals surface area contributed by atoms with Crippen LogP contribution >= 0.6 is 7.91 Å². The van der Waals surface area contributed by atoms with E-state index in [1.165, 1.54) is 0 Å². The van der Waals surface area contributed by atoms with E-state index in [9.17, 15) is 13.9 Å². The fraction of sp³-hybridized carbons (Fsp3) is 0.667. The molecule has 10 heavy (non-hydrogen) atoms. The maximum absolute atomic E-state index is 9.91. The zero-order valence-electron chi connectivity index (χ0n) is 4.89. The Hall–Kier alpha value is -0.710. The van der Waals surface area contributed by atoms with Gasteiger partial charge in [0.2, 0.25) is 0 Å². The molecule has 0 fully saturated rings. The quantitative estimate of drug-likeness (QED) is 0.546. The van der Waals surface area contributed by atoms with Gasteiger partial charge in [0.05, 0.1) is 6.61 Å². The summed E-state index contributed by atoms with van der Waals surface area (Å²) in [5.41, 5.74) is 4.87. The minimum Gasteiger partial charge on any atom is -0.480 e. The first kappa shape index (κ1) is 9.29. The van der Waals surface area contributed by atoms with Gasteiger partial charge in [0.25, 0.3) is 0 Å². The molecule has 0 spiro atoms. The van der Waals surface area contributed by atoms with Crippen molar-refractivity contribution in [2.45, 2.75) is 6.04 Å². The summed E-state index contributed by atoms with van der Waals surface area (Å²) in [6.07, 6.45) is 0. The third-order valence-corrected chi connectivity index (χ3v) is 1.04. The lowest BCUT2D eigenvalue weighted by Crippen LogP contribution is -2.33. The zero-order chi connectivity index (χ0) is 8.15. The molecule has 3 N–H and O–H groups in total. The van der Waals surface area contributed by atoms with Crippen molar-refractivity contribution in [2.75, 3.05) is 6.61 Å². The van der Waals surface area contributed by atoms with Crippen molar-refractivity contribution in [1.29, 1.82) is 0 Å². The molecular formula is C3H6NO5P. The van der Waals surface area contributed by atoms with Crippen molar-refractivity contribution in [3.8, 4) is 0 Å². The van der Waals surface area contributed by atoms with Crippen molar-refractivity contribution < 1.29 is 23.6 Å². The van der Waals surface area contributed by atoms with Crippen LogP contribution in [0.3, 0.4) is 0 Å². The predicted molar refractivity (Wildman–Crippen MR) is 29.9 cm³/mol. The van der Waals surface area contributed by atoms with Crippen LogP contribution < -0.4 is 5.73 Å². The number of carboxylic acids is 1. The van der Waals surface area contributed by atoms with Gasteiger partial charge in [0.1, 0.15) is 6.04 Å². The fourth-order valence-electron chi connectivity index (χ4n) is 0.212. The van der Waals surface area contributed by atoms with Crippen LogP contribution in [0.15, 0.2) is 0 Å². The van der Waals surface area contributed by atoms with Gasteiger partial charge < -0.3 is 10.8 Å². The van der Waals surface area contributed by atoms with E-state index in [0.29, 0.717) is 0 Å². The summed E-state index contributed by atoms with van der Waals surface area (Å²) >= 11 is 0. The van der Waals surface area contributed by atoms with Gasteiger partial charge in [-0.15, -0.1) is 0 Å². The molecule has 0 aromatic heterocycles. The lowest BCUT2D eigenvalue weighted by molar-refractivity contribution is -0.139. The first-order valence-corrected chi connectivity index (χ1v) is 3.39. The number of hydrogen-bond acceptors (Lipinski definition) is 5. The Morgan fingerprint density at radius 3 is 2.50 bits per heavy atom. The predicted octanol–water partition coefficient (Wildman–Crippen LogP) is -0.497. The van der Waals surface area contributed by atoms with Crippen molar-refractivity contribution in [1.82, 2.24) is 0 Å². The summed E-state index contributed by atoms with van der Waals surface area (Å²) in [5.74, 6) is -1.29. The Morgan fingerprint density at radius 1 is 1.70 bits per heavy atom. The van der Waals surface area contributed by atoms with Crippen LogP contribution in [0.2, 0.25) is 0 Å². The Labute approximate surface area is 56.9 Å². The van der Waals surface area contributed by atoms with Crippen LogP contribution in [0.1, 0.15) is 0 Å². The number of carbonyl (C=O) groups is 1. The molecule has 58 valence electrons. The highest BCUT2D eigenvalue weighted by Crippen LogP contribution is 2.03. The summed E-state index contributed by atoms with van der Waals surface area (Å²) < 4.78 is 23.3. The Bertz CT molecular complexity index is 179. The topological polar surface area (TPSA) is 107 Å². The van der Waals surface area contributed by atoms with Crippen molar-refractivity contribution in [3.63, 3.8) is 0 Å². The summed E-state index contributed by atoms with van der Waals surface area (Å²) in [6.45, 7) is -0.520. The monoisotopic (exact) mass is 167 g/mol. The van der Waals surface area contributed by atoms with Gasteiger partial charge >= 0.3 is 13.9 Å². The Kier molecular flexibility index (Phi) is 3.87. The van der Waals surface area contributed by atoms with Gasteiger partial charge in [-0.3, -0.25) is 9.32 Å². The van der Waals surface area contributed by atoms with Gasteiger partial charge in [-0.1, -0.05) is 0 Å². The summed E-state index contributed by atoms with van der Waals surface area (Å²) in [4.78, 5) is 9.91. The molecule has 0 bridgehead atoms. The van der Waals surface area contributed by atoms with Crippen molar-refractivity contribution in [3.05, 3.63) is 0 Å². The van der Waals surface area contributed by atoms with Gasteiger partial charge in [-0.25, -0.2) is 9.13 Å². The normalized spacial score (nSPS) is 12.5. The minimum atomic E-state index is -3.00. The maximum atomic E-state index is 9.91. The van der Waals surface area contributed by atoms with Crippen LogP contribution in [0, 0.1) is 0 Å². The number of nitrogens with two attached hydrogens (primary N) is 1. The lowest BCUT2D eigenvalue weighted by Gasteiger charge is -1.99. The molecule has 0 aliphatic heterocycles. The van der Waals surface area contributed by atoms with Crippen LogP contribution in [0.25, 0.3) is 0 Å². The molecule has 7 heteroatoms. The molecular weight excluding hydrogens is 161 g/mol. The van der Waals surface area contributed by atoms with Gasteiger partial charge in [-0.05, 0) is 0 Å². The van der Waals surface area contributed by atoms with Gasteiger partial charge in [0, 0.05) is 0 Å². The molecule has 1 atom stereocenters. The van der Waals surface area contributed by atoms with E-state index in [1.54, 1.807) is 0 Å². The summed E-state index contributed by atoms with van der Waals surface area (Å²) in [7, 11) is -3.00. The number of carboxylic acid groups (broad SMARTS) is 1. The van der Waals surface area contributed by atoms with E-state index in [4.69, 9.17) is 10.8 Å². The van der Waals surface area contributed by atoms with E-state index in [0.717, 1.165) is 0 Å². The minimum absolute atomic E-state index is 0.520. The van der Waals surface area contributed by atoms with E-state index in [2.05, 4.69) is 4.52 Å². The van der Waals surface area contributed by atoms with Crippen molar-refractivity contribution in [2.24, 2.45) is 5.73 Å². The van der Waals surface area contributed by atoms with Gasteiger partial charge in [-0.2, -0.15) is 0 Å². The average molecular weight is 167 g/mol. The molecule has 0 unspecified atom stereocenters. The maximum Gasteiger partial charge on any atom is 0.468 e. The third kappa shape index (κ3) is 4.20. The average Bonchev–Trinajstić information content (AvgIpc) is 1.82. The standard InChI is InChI=1S/C3H6NO5P/c4-2(3(5)6)1-9-10(7)8/h2H,1,4H2,(H,5,6)/t2-/m0/s1. The highest BCUT2D eigenvalue weighted by atomic mass is 31.1. The zero-order valence-corrected chi connectivity index (χ0v) is 5.78. The highest BCUT2D eigenvalue weighted by molar-refractivity contribution is 7.24. The smallest absolute Gasteiger partial charge is 0.468 e. The van der Waals surface area contributed by atoms with Crippen LogP contribution in [0.4, 0.5) is 0 Å². The molecule has 0 aliphatic carbocycles. The van der Waals surface area contributed by atoms with Crippen molar-refractivity contribution >= 4 is 13.9 Å². The third-order valence-electron chi connectivity index (χ3n) is 0.677. The lowest BCUT2D eigenvalue weighted by atomic mass is 10.3. The second kappa shape index (κ2) is 4.16. The molecule has 0 aromatic carbocycles. The van der Waals surface area contributed by atoms with E-state index >= 15 is 0 Å². The van der Waals surface area contributed by atoms with Crippen LogP contribution in [-0.2, 0) is 18.4 Å². The largest absolute Gasteiger partial charge is 0.480 e. The first-order chi connectivity index (χ1) is 4.54. The van der Waals surface area contributed by atoms with Crippen LogP contribution in [-0.4, -0.2) is 23.7 Å².